The Morgan fingerprint density at radius 3 is 1.81 bits per heavy atom. The normalized spacial score (nSPS) is 16.9. The summed E-state index contributed by atoms with van der Waals surface area (Å²) in [5.74, 6) is 0. The van der Waals surface area contributed by atoms with Crippen molar-refractivity contribution in [2.75, 3.05) is 6.54 Å². The topological polar surface area (TPSA) is 12.5 Å². The number of rotatable bonds is 8. The number of nitrogens with zero attached hydrogens (tertiary/aromatic N) is 1. The average Bonchev–Trinajstić information content (AvgIpc) is 2.25. The van der Waals surface area contributed by atoms with E-state index in [9.17, 15) is 0 Å². The molecule has 0 fully saturated rings. The SMILES string of the molecule is C=C[Si](C)(O[Si](C)(C)C(C)(C)C)N(CCCC)[Si](C)(C)C. The maximum absolute atomic E-state index is 6.95. The molecule has 126 valence electrons. The summed E-state index contributed by atoms with van der Waals surface area (Å²) in [5, 5.41) is 0.250. The first kappa shape index (κ1) is 21.3. The van der Waals surface area contributed by atoms with Gasteiger partial charge in [0.05, 0.1) is 0 Å². The van der Waals surface area contributed by atoms with Gasteiger partial charge in [-0.3, -0.25) is 0 Å². The molecule has 0 rings (SSSR count). The third-order valence-corrected chi connectivity index (χ3v) is 19.3. The first-order valence-electron chi connectivity index (χ1n) is 8.33. The van der Waals surface area contributed by atoms with E-state index in [0.29, 0.717) is 0 Å². The largest absolute Gasteiger partial charge is 0.441 e. The third-order valence-electron chi connectivity index (χ3n) is 4.73. The van der Waals surface area contributed by atoms with Gasteiger partial charge in [0, 0.05) is 0 Å². The Morgan fingerprint density at radius 2 is 1.52 bits per heavy atom. The molecule has 0 spiro atoms. The van der Waals surface area contributed by atoms with Gasteiger partial charge in [-0.05, 0) is 37.6 Å². The van der Waals surface area contributed by atoms with Gasteiger partial charge in [0.25, 0.3) is 8.48 Å². The molecule has 0 bridgehead atoms. The fourth-order valence-electron chi connectivity index (χ4n) is 2.42. The zero-order chi connectivity index (χ0) is 17.1. The van der Waals surface area contributed by atoms with Crippen LogP contribution in [0.4, 0.5) is 0 Å². The molecular weight excluding hydrogens is 306 g/mol. The second kappa shape index (κ2) is 7.25. The Bertz CT molecular complexity index is 344. The molecule has 0 saturated heterocycles. The van der Waals surface area contributed by atoms with Crippen molar-refractivity contribution in [2.45, 2.75) is 84.9 Å². The van der Waals surface area contributed by atoms with Crippen molar-refractivity contribution >= 4 is 25.0 Å². The minimum Gasteiger partial charge on any atom is -0.441 e. The Hall–Kier alpha value is 0.311. The summed E-state index contributed by atoms with van der Waals surface area (Å²) < 4.78 is 9.69. The van der Waals surface area contributed by atoms with Crippen LogP contribution in [0, 0.1) is 0 Å². The molecule has 0 saturated carbocycles. The van der Waals surface area contributed by atoms with Crippen LogP contribution in [0.3, 0.4) is 0 Å². The molecule has 1 unspecified atom stereocenters. The van der Waals surface area contributed by atoms with Gasteiger partial charge < -0.3 is 8.35 Å². The molecule has 0 amide bonds. The van der Waals surface area contributed by atoms with Crippen LogP contribution in [-0.4, -0.2) is 35.8 Å². The van der Waals surface area contributed by atoms with Gasteiger partial charge in [-0.15, -0.1) is 6.58 Å². The molecule has 0 aromatic carbocycles. The number of hydrogen-bond acceptors (Lipinski definition) is 2. The van der Waals surface area contributed by atoms with Gasteiger partial charge in [0.2, 0.25) is 0 Å². The highest BCUT2D eigenvalue weighted by atomic mass is 28.5. The van der Waals surface area contributed by atoms with Gasteiger partial charge >= 0.3 is 0 Å². The highest BCUT2D eigenvalue weighted by molar-refractivity contribution is 6.95. The summed E-state index contributed by atoms with van der Waals surface area (Å²) in [6.45, 7) is 29.0. The van der Waals surface area contributed by atoms with E-state index in [0.717, 1.165) is 6.54 Å². The van der Waals surface area contributed by atoms with Crippen molar-refractivity contribution in [2.24, 2.45) is 0 Å². The van der Waals surface area contributed by atoms with E-state index in [1.54, 1.807) is 0 Å². The quantitative estimate of drug-likeness (QED) is 0.520. The predicted octanol–water partition coefficient (Wildman–Crippen LogP) is 5.74. The van der Waals surface area contributed by atoms with E-state index in [4.69, 9.17) is 4.12 Å². The fourth-order valence-corrected chi connectivity index (χ4v) is 16.2. The number of unbranched alkanes of at least 4 members (excludes halogenated alkanes) is 1. The summed E-state index contributed by atoms with van der Waals surface area (Å²) in [6.07, 6.45) is 2.49. The van der Waals surface area contributed by atoms with Crippen molar-refractivity contribution < 1.29 is 4.12 Å². The summed E-state index contributed by atoms with van der Waals surface area (Å²) >= 11 is 0. The van der Waals surface area contributed by atoms with Crippen LogP contribution < -0.4 is 0 Å². The van der Waals surface area contributed by atoms with Crippen molar-refractivity contribution in [1.29, 1.82) is 0 Å². The van der Waals surface area contributed by atoms with Crippen LogP contribution in [0.25, 0.3) is 0 Å². The van der Waals surface area contributed by atoms with E-state index >= 15 is 0 Å². The minimum absolute atomic E-state index is 0.250. The van der Waals surface area contributed by atoms with Crippen LogP contribution in [0.15, 0.2) is 12.3 Å². The Labute approximate surface area is 137 Å². The zero-order valence-electron chi connectivity index (χ0n) is 16.3. The lowest BCUT2D eigenvalue weighted by atomic mass is 10.2. The molecule has 1 atom stereocenters. The molecule has 0 radical (unpaired) electrons. The van der Waals surface area contributed by atoms with Crippen molar-refractivity contribution in [3.8, 4) is 0 Å². The summed E-state index contributed by atoms with van der Waals surface area (Å²) in [4.78, 5) is 0. The first-order chi connectivity index (χ1) is 9.21. The lowest BCUT2D eigenvalue weighted by molar-refractivity contribution is 0.420. The highest BCUT2D eigenvalue weighted by Crippen LogP contribution is 2.39. The van der Waals surface area contributed by atoms with Crippen molar-refractivity contribution in [3.05, 3.63) is 12.3 Å². The highest BCUT2D eigenvalue weighted by Gasteiger charge is 2.48. The van der Waals surface area contributed by atoms with E-state index in [1.165, 1.54) is 12.8 Å². The van der Waals surface area contributed by atoms with Crippen LogP contribution in [0.2, 0.25) is 44.3 Å². The maximum atomic E-state index is 6.95. The average molecular weight is 346 g/mol. The zero-order valence-corrected chi connectivity index (χ0v) is 19.3. The monoisotopic (exact) mass is 345 g/mol. The second-order valence-electron chi connectivity index (χ2n) is 8.80. The van der Waals surface area contributed by atoms with Crippen molar-refractivity contribution in [1.82, 2.24) is 4.23 Å². The van der Waals surface area contributed by atoms with Crippen molar-refractivity contribution in [3.63, 3.8) is 0 Å². The molecule has 0 aromatic heterocycles. The van der Waals surface area contributed by atoms with Gasteiger partial charge in [-0.25, -0.2) is 0 Å². The lowest BCUT2D eigenvalue weighted by Crippen LogP contribution is -2.66. The molecule has 0 N–H and O–H groups in total. The van der Waals surface area contributed by atoms with Gasteiger partial charge in [-0.2, -0.15) is 0 Å². The van der Waals surface area contributed by atoms with Crippen LogP contribution in [0.1, 0.15) is 40.5 Å². The fraction of sp³-hybridized carbons (Fsp3) is 0.875. The van der Waals surface area contributed by atoms with E-state index in [-0.39, 0.29) is 5.04 Å². The first-order valence-corrected chi connectivity index (χ1v) is 17.1. The summed E-state index contributed by atoms with van der Waals surface area (Å²) in [7, 11) is -5.24. The van der Waals surface area contributed by atoms with Gasteiger partial charge in [0.1, 0.15) is 8.24 Å². The van der Waals surface area contributed by atoms with Crippen LogP contribution in [0.5, 0.6) is 0 Å². The lowest BCUT2D eigenvalue weighted by Gasteiger charge is -2.50. The molecule has 0 aliphatic rings. The maximum Gasteiger partial charge on any atom is 0.276 e. The standard InChI is InChI=1S/C16H39NOSi3/c1-12-14-15-17(19(6,7)8)21(11,13-2)18-20(9,10)16(3,4)5/h13H,2,12,14-15H2,1,3-11H3. The third kappa shape index (κ3) is 5.78. The molecule has 0 aliphatic heterocycles. The molecule has 0 aromatic rings. The van der Waals surface area contributed by atoms with Gasteiger partial charge in [-0.1, -0.05) is 59.5 Å². The summed E-state index contributed by atoms with van der Waals surface area (Å²) in [5.41, 5.74) is 2.17. The molecule has 2 nitrogen and oxygen atoms in total. The Morgan fingerprint density at radius 1 is 1.05 bits per heavy atom. The minimum atomic E-state index is -2.05. The molecule has 0 aliphatic carbocycles. The molecule has 21 heavy (non-hydrogen) atoms. The van der Waals surface area contributed by atoms with E-state index < -0.39 is 25.0 Å². The predicted molar refractivity (Wildman–Crippen MR) is 105 cm³/mol. The number of hydrogen-bond donors (Lipinski definition) is 0. The second-order valence-corrected chi connectivity index (χ2v) is 22.5. The molecule has 5 heteroatoms. The van der Waals surface area contributed by atoms with Crippen LogP contribution >= 0.6 is 0 Å². The Balaban J connectivity index is 5.52. The van der Waals surface area contributed by atoms with Gasteiger partial charge in [0.15, 0.2) is 8.32 Å². The Kier molecular flexibility index (Phi) is 7.36. The van der Waals surface area contributed by atoms with E-state index in [1.807, 2.05) is 0 Å². The smallest absolute Gasteiger partial charge is 0.276 e. The van der Waals surface area contributed by atoms with E-state index in [2.05, 4.69) is 83.5 Å². The molecule has 0 heterocycles. The molecular formula is C16H39NOSi3. The summed E-state index contributed by atoms with van der Waals surface area (Å²) in [6, 6.07) is 0. The van der Waals surface area contributed by atoms with Crippen LogP contribution in [-0.2, 0) is 4.12 Å².